The van der Waals surface area contributed by atoms with E-state index >= 15 is 0 Å². The molecule has 0 N–H and O–H groups in total. The summed E-state index contributed by atoms with van der Waals surface area (Å²) in [5, 5.41) is 0. The molecule has 0 aliphatic carbocycles. The summed E-state index contributed by atoms with van der Waals surface area (Å²) in [6, 6.07) is 0. The first kappa shape index (κ1) is 16.8. The van der Waals surface area contributed by atoms with Gasteiger partial charge in [-0.15, -0.1) is 0 Å². The Morgan fingerprint density at radius 3 is 2.41 bits per heavy atom. The zero-order valence-electron chi connectivity index (χ0n) is 12.1. The van der Waals surface area contributed by atoms with Crippen LogP contribution < -0.4 is 0 Å². The first-order chi connectivity index (χ1) is 8.33. The molecule has 0 spiro atoms. The second kappa shape index (κ2) is 12.3. The van der Waals surface area contributed by atoms with Crippen molar-refractivity contribution in [2.24, 2.45) is 0 Å². The molecule has 1 fully saturated rings. The van der Waals surface area contributed by atoms with Gasteiger partial charge in [-0.25, -0.2) is 0 Å². The van der Waals surface area contributed by atoms with Gasteiger partial charge in [0.05, 0.1) is 19.8 Å². The van der Waals surface area contributed by atoms with Gasteiger partial charge in [-0.2, -0.15) is 0 Å². The predicted molar refractivity (Wildman–Crippen MR) is 72.6 cm³/mol. The molecule has 0 saturated carbocycles. The van der Waals surface area contributed by atoms with Crippen molar-refractivity contribution in [2.75, 3.05) is 66.7 Å². The summed E-state index contributed by atoms with van der Waals surface area (Å²) in [4.78, 5) is 4.80. The summed E-state index contributed by atoms with van der Waals surface area (Å²) in [7, 11) is 3.90. The summed E-state index contributed by atoms with van der Waals surface area (Å²) < 4.78 is 10.4. The minimum Gasteiger partial charge on any atom is -0.383 e. The van der Waals surface area contributed by atoms with Crippen molar-refractivity contribution in [3.05, 3.63) is 0 Å². The average Bonchev–Trinajstić information content (AvgIpc) is 2.40. The van der Waals surface area contributed by atoms with Crippen LogP contribution in [0.4, 0.5) is 0 Å². The van der Waals surface area contributed by atoms with Gasteiger partial charge < -0.3 is 14.4 Å². The molecule has 1 saturated heterocycles. The van der Waals surface area contributed by atoms with Gasteiger partial charge in [-0.05, 0) is 26.6 Å². The van der Waals surface area contributed by atoms with Gasteiger partial charge in [-0.1, -0.05) is 13.8 Å². The highest BCUT2D eigenvalue weighted by atomic mass is 16.5. The molecule has 0 atom stereocenters. The Labute approximate surface area is 107 Å². The number of methoxy groups -OCH3 is 1. The van der Waals surface area contributed by atoms with Gasteiger partial charge >= 0.3 is 0 Å². The average molecular weight is 246 g/mol. The van der Waals surface area contributed by atoms with E-state index in [1.165, 1.54) is 13.0 Å². The smallest absolute Gasteiger partial charge is 0.0594 e. The molecular weight excluding hydrogens is 216 g/mol. The number of ether oxygens (including phenoxy) is 2. The van der Waals surface area contributed by atoms with E-state index in [0.29, 0.717) is 0 Å². The Balaban J connectivity index is 0.00000121. The predicted octanol–water partition coefficient (Wildman–Crippen LogP) is 1.31. The standard InChI is InChI=1S/C11H24N2O2.C2H6/c1-12(6-9-14-2)4-3-5-13-7-10-15-11-8-13;1-2/h3-11H2,1-2H3;1-2H3. The molecule has 0 aromatic rings. The summed E-state index contributed by atoms with van der Waals surface area (Å²) in [5.41, 5.74) is 0. The van der Waals surface area contributed by atoms with Crippen LogP contribution >= 0.6 is 0 Å². The lowest BCUT2D eigenvalue weighted by Crippen LogP contribution is -2.38. The van der Waals surface area contributed by atoms with Crippen LogP contribution in [0.1, 0.15) is 20.3 Å². The molecule has 0 radical (unpaired) electrons. The third-order valence-corrected chi connectivity index (χ3v) is 2.80. The number of rotatable bonds is 7. The van der Waals surface area contributed by atoms with Crippen LogP contribution in [-0.2, 0) is 9.47 Å². The van der Waals surface area contributed by atoms with E-state index in [4.69, 9.17) is 9.47 Å². The third kappa shape index (κ3) is 9.53. The van der Waals surface area contributed by atoms with Gasteiger partial charge in [0.1, 0.15) is 0 Å². The van der Waals surface area contributed by atoms with E-state index in [1.807, 2.05) is 13.8 Å². The summed E-state index contributed by atoms with van der Waals surface area (Å²) in [6.07, 6.45) is 1.24. The molecule has 0 aromatic carbocycles. The Kier molecular flexibility index (Phi) is 12.2. The maximum Gasteiger partial charge on any atom is 0.0594 e. The number of hydrogen-bond donors (Lipinski definition) is 0. The van der Waals surface area contributed by atoms with Crippen molar-refractivity contribution in [1.29, 1.82) is 0 Å². The Morgan fingerprint density at radius 1 is 1.18 bits per heavy atom. The number of hydrogen-bond acceptors (Lipinski definition) is 4. The Bertz CT molecular complexity index is 150. The highest BCUT2D eigenvalue weighted by Crippen LogP contribution is 1.98. The second-order valence-corrected chi connectivity index (χ2v) is 4.10. The van der Waals surface area contributed by atoms with E-state index < -0.39 is 0 Å². The Morgan fingerprint density at radius 2 is 1.82 bits per heavy atom. The third-order valence-electron chi connectivity index (χ3n) is 2.80. The SMILES string of the molecule is CC.COCCN(C)CCCN1CCOCC1. The van der Waals surface area contributed by atoms with Gasteiger partial charge in [0.25, 0.3) is 0 Å². The van der Waals surface area contributed by atoms with Crippen molar-refractivity contribution in [1.82, 2.24) is 9.80 Å². The Hall–Kier alpha value is -0.160. The van der Waals surface area contributed by atoms with E-state index in [9.17, 15) is 0 Å². The fourth-order valence-corrected chi connectivity index (χ4v) is 1.75. The molecule has 4 nitrogen and oxygen atoms in total. The van der Waals surface area contributed by atoms with E-state index in [-0.39, 0.29) is 0 Å². The minimum absolute atomic E-state index is 0.827. The monoisotopic (exact) mass is 246 g/mol. The first-order valence-corrected chi connectivity index (χ1v) is 6.80. The zero-order chi connectivity index (χ0) is 12.9. The van der Waals surface area contributed by atoms with Crippen LogP contribution in [-0.4, -0.2) is 76.5 Å². The molecule has 0 bridgehead atoms. The van der Waals surface area contributed by atoms with Crippen LogP contribution in [0.25, 0.3) is 0 Å². The van der Waals surface area contributed by atoms with Crippen LogP contribution in [0.2, 0.25) is 0 Å². The minimum atomic E-state index is 0.827. The van der Waals surface area contributed by atoms with Crippen LogP contribution in [0.5, 0.6) is 0 Å². The van der Waals surface area contributed by atoms with Crippen molar-refractivity contribution in [2.45, 2.75) is 20.3 Å². The van der Waals surface area contributed by atoms with Gasteiger partial charge in [0.2, 0.25) is 0 Å². The molecule has 1 heterocycles. The number of nitrogens with zero attached hydrogens (tertiary/aromatic N) is 2. The molecule has 4 heteroatoms. The van der Waals surface area contributed by atoms with Crippen LogP contribution in [0, 0.1) is 0 Å². The molecule has 1 aliphatic heterocycles. The van der Waals surface area contributed by atoms with E-state index in [1.54, 1.807) is 7.11 Å². The van der Waals surface area contributed by atoms with Crippen LogP contribution in [0.15, 0.2) is 0 Å². The first-order valence-electron chi connectivity index (χ1n) is 6.80. The summed E-state index contributed by atoms with van der Waals surface area (Å²) in [6.45, 7) is 12.2. The molecule has 17 heavy (non-hydrogen) atoms. The normalized spacial score (nSPS) is 16.8. The molecule has 0 amide bonds. The maximum absolute atomic E-state index is 5.31. The lowest BCUT2D eigenvalue weighted by Gasteiger charge is -2.27. The molecule has 104 valence electrons. The van der Waals surface area contributed by atoms with Crippen molar-refractivity contribution >= 4 is 0 Å². The van der Waals surface area contributed by atoms with Gasteiger partial charge in [-0.3, -0.25) is 4.90 Å². The lowest BCUT2D eigenvalue weighted by atomic mass is 10.3. The fourth-order valence-electron chi connectivity index (χ4n) is 1.75. The van der Waals surface area contributed by atoms with Crippen molar-refractivity contribution in [3.63, 3.8) is 0 Å². The van der Waals surface area contributed by atoms with Crippen molar-refractivity contribution in [3.8, 4) is 0 Å². The molecular formula is C13H30N2O2. The van der Waals surface area contributed by atoms with E-state index in [0.717, 1.165) is 46.0 Å². The molecule has 1 aliphatic rings. The maximum atomic E-state index is 5.31. The highest BCUT2D eigenvalue weighted by molar-refractivity contribution is 4.62. The fraction of sp³-hybridized carbons (Fsp3) is 1.00. The molecule has 1 rings (SSSR count). The summed E-state index contributed by atoms with van der Waals surface area (Å²) in [5.74, 6) is 0. The molecule has 0 unspecified atom stereocenters. The quantitative estimate of drug-likeness (QED) is 0.676. The van der Waals surface area contributed by atoms with Gasteiger partial charge in [0, 0.05) is 26.7 Å². The lowest BCUT2D eigenvalue weighted by molar-refractivity contribution is 0.0361. The summed E-state index contributed by atoms with van der Waals surface area (Å²) >= 11 is 0. The molecule has 0 aromatic heterocycles. The van der Waals surface area contributed by atoms with Crippen LogP contribution in [0.3, 0.4) is 0 Å². The zero-order valence-corrected chi connectivity index (χ0v) is 12.1. The van der Waals surface area contributed by atoms with E-state index in [2.05, 4.69) is 16.8 Å². The second-order valence-electron chi connectivity index (χ2n) is 4.10. The van der Waals surface area contributed by atoms with Crippen molar-refractivity contribution < 1.29 is 9.47 Å². The van der Waals surface area contributed by atoms with Gasteiger partial charge in [0.15, 0.2) is 0 Å². The number of morpholine rings is 1. The highest BCUT2D eigenvalue weighted by Gasteiger charge is 2.09. The largest absolute Gasteiger partial charge is 0.383 e. The topological polar surface area (TPSA) is 24.9 Å². The number of likely N-dealkylation sites (N-methyl/N-ethyl adjacent to an activating group) is 1.